The molecular weight excluding hydrogens is 288 g/mol. The molecule has 0 aromatic carbocycles. The topological polar surface area (TPSA) is 55.9 Å². The number of halogens is 1. The van der Waals surface area contributed by atoms with Crippen LogP contribution in [0.2, 0.25) is 0 Å². The van der Waals surface area contributed by atoms with Crippen LogP contribution in [0.3, 0.4) is 0 Å². The molecule has 4 nitrogen and oxygen atoms in total. The Labute approximate surface area is 108 Å². The molecule has 0 amide bonds. The molecule has 1 aromatic rings. The summed E-state index contributed by atoms with van der Waals surface area (Å²) in [7, 11) is 1.96. The zero-order chi connectivity index (χ0) is 11.5. The van der Waals surface area contributed by atoms with E-state index < -0.39 is 0 Å². The van der Waals surface area contributed by atoms with Crippen LogP contribution in [-0.2, 0) is 7.05 Å². The number of hydrogen-bond acceptors (Lipinski definition) is 4. The molecule has 0 bridgehead atoms. The Morgan fingerprint density at radius 3 is 3.00 bits per heavy atom. The maximum atomic E-state index is 5.71. The lowest BCUT2D eigenvalue weighted by molar-refractivity contribution is 0.462. The van der Waals surface area contributed by atoms with Gasteiger partial charge in [-0.1, -0.05) is 6.42 Å². The highest BCUT2D eigenvalue weighted by molar-refractivity contribution is 9.10. The summed E-state index contributed by atoms with van der Waals surface area (Å²) >= 11 is 5.54. The minimum atomic E-state index is 0.173. The number of thioether (sulfide) groups is 1. The second-order valence-electron chi connectivity index (χ2n) is 4.05. The summed E-state index contributed by atoms with van der Waals surface area (Å²) in [5.41, 5.74) is 4.08. The summed E-state index contributed by atoms with van der Waals surface area (Å²) < 4.78 is 2.92. The van der Waals surface area contributed by atoms with Crippen molar-refractivity contribution in [2.24, 2.45) is 12.9 Å². The van der Waals surface area contributed by atoms with Gasteiger partial charge in [-0.3, -0.25) is 16.0 Å². The Balaban J connectivity index is 2.21. The normalized spacial score (nSPS) is 23.3. The molecule has 90 valence electrons. The second-order valence-corrected chi connectivity index (χ2v) is 6.25. The lowest BCUT2D eigenvalue weighted by Crippen LogP contribution is -2.37. The van der Waals surface area contributed by atoms with Crippen molar-refractivity contribution in [2.45, 2.75) is 30.6 Å². The van der Waals surface area contributed by atoms with Crippen LogP contribution in [0, 0.1) is 0 Å². The van der Waals surface area contributed by atoms with Gasteiger partial charge in [0, 0.05) is 12.3 Å². The van der Waals surface area contributed by atoms with Crippen molar-refractivity contribution in [3.8, 4) is 0 Å². The molecule has 0 saturated carbocycles. The van der Waals surface area contributed by atoms with Crippen LogP contribution in [-0.4, -0.2) is 20.8 Å². The van der Waals surface area contributed by atoms with E-state index in [2.05, 4.69) is 26.5 Å². The first-order valence-electron chi connectivity index (χ1n) is 5.49. The number of hydrazine groups is 1. The standard InChI is InChI=1S/C10H17BrN4S/c1-15-10(7(11)6-13-15)9(14-12)8-4-2-3-5-16-8/h6,8-9,14H,2-5,12H2,1H3. The predicted octanol–water partition coefficient (Wildman–Crippen LogP) is 1.97. The predicted molar refractivity (Wildman–Crippen MR) is 71.1 cm³/mol. The molecule has 1 saturated heterocycles. The number of nitrogens with one attached hydrogen (secondary N) is 1. The summed E-state index contributed by atoms with van der Waals surface area (Å²) in [6.07, 6.45) is 5.67. The molecular formula is C10H17BrN4S. The van der Waals surface area contributed by atoms with E-state index in [0.29, 0.717) is 5.25 Å². The van der Waals surface area contributed by atoms with Gasteiger partial charge in [0.1, 0.15) is 0 Å². The van der Waals surface area contributed by atoms with E-state index in [1.807, 2.05) is 29.7 Å². The third kappa shape index (κ3) is 2.45. The van der Waals surface area contributed by atoms with Gasteiger partial charge in [0.25, 0.3) is 0 Å². The largest absolute Gasteiger partial charge is 0.271 e. The number of nitrogens with two attached hydrogens (primary N) is 1. The molecule has 1 aromatic heterocycles. The van der Waals surface area contributed by atoms with Gasteiger partial charge >= 0.3 is 0 Å². The highest BCUT2D eigenvalue weighted by Crippen LogP contribution is 2.36. The van der Waals surface area contributed by atoms with E-state index in [-0.39, 0.29) is 6.04 Å². The van der Waals surface area contributed by atoms with Gasteiger partial charge in [-0.05, 0) is 34.5 Å². The van der Waals surface area contributed by atoms with Crippen molar-refractivity contribution in [3.05, 3.63) is 16.4 Å². The Bertz CT molecular complexity index is 329. The third-order valence-electron chi connectivity index (χ3n) is 3.00. The van der Waals surface area contributed by atoms with Crippen molar-refractivity contribution in [3.63, 3.8) is 0 Å². The average Bonchev–Trinajstić information content (AvgIpc) is 2.63. The van der Waals surface area contributed by atoms with E-state index >= 15 is 0 Å². The SMILES string of the molecule is Cn1ncc(Br)c1C(NN)C1CCCCS1. The first-order chi connectivity index (χ1) is 7.74. The van der Waals surface area contributed by atoms with Crippen molar-refractivity contribution in [1.29, 1.82) is 0 Å². The second kappa shape index (κ2) is 5.53. The number of rotatable bonds is 3. The molecule has 2 atom stereocenters. The van der Waals surface area contributed by atoms with Crippen LogP contribution in [0.4, 0.5) is 0 Å². The lowest BCUT2D eigenvalue weighted by atomic mass is 10.0. The van der Waals surface area contributed by atoms with Crippen molar-refractivity contribution < 1.29 is 0 Å². The molecule has 2 rings (SSSR count). The van der Waals surface area contributed by atoms with Crippen molar-refractivity contribution in [1.82, 2.24) is 15.2 Å². The minimum absolute atomic E-state index is 0.173. The number of nitrogens with zero attached hydrogens (tertiary/aromatic N) is 2. The molecule has 2 heterocycles. The van der Waals surface area contributed by atoms with Gasteiger partial charge in [-0.2, -0.15) is 16.9 Å². The number of hydrogen-bond donors (Lipinski definition) is 2. The molecule has 0 aliphatic carbocycles. The molecule has 6 heteroatoms. The van der Waals surface area contributed by atoms with Crippen LogP contribution < -0.4 is 11.3 Å². The molecule has 0 spiro atoms. The summed E-state index contributed by atoms with van der Waals surface area (Å²) in [6, 6.07) is 0.173. The zero-order valence-electron chi connectivity index (χ0n) is 9.32. The van der Waals surface area contributed by atoms with Crippen LogP contribution in [0.5, 0.6) is 0 Å². The van der Waals surface area contributed by atoms with Gasteiger partial charge in [0.05, 0.1) is 22.4 Å². The van der Waals surface area contributed by atoms with Gasteiger partial charge in [-0.15, -0.1) is 0 Å². The first-order valence-corrected chi connectivity index (χ1v) is 7.33. The highest BCUT2D eigenvalue weighted by Gasteiger charge is 2.28. The Morgan fingerprint density at radius 1 is 1.69 bits per heavy atom. The first kappa shape index (κ1) is 12.4. The number of aryl methyl sites for hydroxylation is 1. The molecule has 16 heavy (non-hydrogen) atoms. The maximum absolute atomic E-state index is 5.71. The quantitative estimate of drug-likeness (QED) is 0.662. The van der Waals surface area contributed by atoms with E-state index in [1.165, 1.54) is 25.0 Å². The minimum Gasteiger partial charge on any atom is -0.271 e. The van der Waals surface area contributed by atoms with Gasteiger partial charge in [0.2, 0.25) is 0 Å². The van der Waals surface area contributed by atoms with Gasteiger partial charge in [-0.25, -0.2) is 0 Å². The highest BCUT2D eigenvalue weighted by atomic mass is 79.9. The molecule has 1 fully saturated rings. The summed E-state index contributed by atoms with van der Waals surface area (Å²) in [4.78, 5) is 0. The molecule has 2 unspecified atom stereocenters. The number of aromatic nitrogens is 2. The molecule has 1 aliphatic heterocycles. The van der Waals surface area contributed by atoms with Crippen LogP contribution in [0.15, 0.2) is 10.7 Å². The zero-order valence-corrected chi connectivity index (χ0v) is 11.7. The molecule has 1 aliphatic rings. The van der Waals surface area contributed by atoms with E-state index in [1.54, 1.807) is 0 Å². The van der Waals surface area contributed by atoms with Crippen molar-refractivity contribution in [2.75, 3.05) is 5.75 Å². The Morgan fingerprint density at radius 2 is 2.50 bits per heavy atom. The molecule has 0 radical (unpaired) electrons. The van der Waals surface area contributed by atoms with Crippen LogP contribution in [0.25, 0.3) is 0 Å². The Kier molecular flexibility index (Phi) is 4.29. The average molecular weight is 305 g/mol. The van der Waals surface area contributed by atoms with Crippen LogP contribution >= 0.6 is 27.7 Å². The van der Waals surface area contributed by atoms with E-state index in [4.69, 9.17) is 5.84 Å². The summed E-state index contributed by atoms with van der Waals surface area (Å²) in [5.74, 6) is 6.94. The van der Waals surface area contributed by atoms with Gasteiger partial charge < -0.3 is 0 Å². The van der Waals surface area contributed by atoms with Crippen molar-refractivity contribution >= 4 is 27.7 Å². The lowest BCUT2D eigenvalue weighted by Gasteiger charge is -2.29. The van der Waals surface area contributed by atoms with E-state index in [0.717, 1.165) is 10.2 Å². The smallest absolute Gasteiger partial charge is 0.0758 e. The fourth-order valence-corrected chi connectivity index (χ4v) is 4.16. The fourth-order valence-electron chi connectivity index (χ4n) is 2.16. The maximum Gasteiger partial charge on any atom is 0.0758 e. The van der Waals surface area contributed by atoms with Gasteiger partial charge in [0.15, 0.2) is 0 Å². The summed E-state index contributed by atoms with van der Waals surface area (Å²) in [6.45, 7) is 0. The monoisotopic (exact) mass is 304 g/mol. The molecule has 3 N–H and O–H groups in total. The Hall–Kier alpha value is -0.0400. The third-order valence-corrected chi connectivity index (χ3v) is 5.07. The fraction of sp³-hybridized carbons (Fsp3) is 0.700. The van der Waals surface area contributed by atoms with Crippen LogP contribution in [0.1, 0.15) is 31.0 Å². The van der Waals surface area contributed by atoms with E-state index in [9.17, 15) is 0 Å². The summed E-state index contributed by atoms with van der Waals surface area (Å²) in [5, 5.41) is 4.79.